The number of aryl methyl sites for hydroxylation is 2. The fourth-order valence-electron chi connectivity index (χ4n) is 3.29. The Morgan fingerprint density at radius 1 is 1.14 bits per heavy atom. The van der Waals surface area contributed by atoms with Crippen LogP contribution in [0.1, 0.15) is 40.7 Å². The van der Waals surface area contributed by atoms with Crippen molar-refractivity contribution in [2.45, 2.75) is 32.6 Å². The molecule has 2 heterocycles. The monoisotopic (exact) mass is 297 g/mol. The number of hydrogen-bond acceptors (Lipinski definition) is 4. The first kappa shape index (κ1) is 15.0. The number of rotatable bonds is 4. The first-order chi connectivity index (χ1) is 10.7. The molecule has 0 amide bonds. The average Bonchev–Trinajstić information content (AvgIpc) is 3.01. The largest absolute Gasteiger partial charge is 0.497 e. The van der Waals surface area contributed by atoms with Crippen LogP contribution in [0.25, 0.3) is 0 Å². The third-order valence-corrected chi connectivity index (χ3v) is 4.36. The zero-order chi connectivity index (χ0) is 15.5. The molecule has 1 aliphatic heterocycles. The van der Waals surface area contributed by atoms with Gasteiger partial charge in [0.25, 0.3) is 0 Å². The van der Waals surface area contributed by atoms with Gasteiger partial charge in [-0.15, -0.1) is 0 Å². The van der Waals surface area contributed by atoms with E-state index in [2.05, 4.69) is 31.3 Å². The van der Waals surface area contributed by atoms with Crippen LogP contribution in [0.2, 0.25) is 0 Å². The van der Waals surface area contributed by atoms with Gasteiger partial charge in [0.05, 0.1) is 7.11 Å². The second-order valence-electron chi connectivity index (χ2n) is 5.94. The highest BCUT2D eigenvalue weighted by molar-refractivity contribution is 5.32. The van der Waals surface area contributed by atoms with E-state index in [1.165, 1.54) is 17.5 Å². The number of nitrogens with zero attached hydrogens (tertiary/aromatic N) is 2. The smallest absolute Gasteiger partial charge is 0.133 e. The standard InChI is InChI=1S/C18H23N3O/c1-12-18(15-8-9-19-11-15)13(2)21-17(20-12)10-14-4-6-16(22-3)7-5-14/h4-7,15,19H,8-11H2,1-3H3. The Morgan fingerprint density at radius 2 is 1.82 bits per heavy atom. The summed E-state index contributed by atoms with van der Waals surface area (Å²) in [5.74, 6) is 2.34. The molecule has 0 radical (unpaired) electrons. The van der Waals surface area contributed by atoms with Crippen molar-refractivity contribution in [1.82, 2.24) is 15.3 Å². The molecule has 4 heteroatoms. The van der Waals surface area contributed by atoms with Crippen molar-refractivity contribution in [1.29, 1.82) is 0 Å². The number of methoxy groups -OCH3 is 1. The lowest BCUT2D eigenvalue weighted by molar-refractivity contribution is 0.414. The molecule has 1 N–H and O–H groups in total. The topological polar surface area (TPSA) is 47.0 Å². The van der Waals surface area contributed by atoms with Crippen molar-refractivity contribution in [3.63, 3.8) is 0 Å². The summed E-state index contributed by atoms with van der Waals surface area (Å²) >= 11 is 0. The summed E-state index contributed by atoms with van der Waals surface area (Å²) < 4.78 is 5.19. The molecule has 1 atom stereocenters. The van der Waals surface area contributed by atoms with Gasteiger partial charge in [0, 0.05) is 30.3 Å². The highest BCUT2D eigenvalue weighted by atomic mass is 16.5. The molecule has 1 aromatic heterocycles. The molecular weight excluding hydrogens is 274 g/mol. The molecule has 1 fully saturated rings. The number of ether oxygens (including phenoxy) is 1. The molecule has 1 aliphatic rings. The lowest BCUT2D eigenvalue weighted by Gasteiger charge is -2.15. The van der Waals surface area contributed by atoms with Crippen LogP contribution >= 0.6 is 0 Å². The molecule has 0 saturated carbocycles. The number of nitrogens with one attached hydrogen (secondary N) is 1. The summed E-state index contributed by atoms with van der Waals surface area (Å²) in [5.41, 5.74) is 4.80. The fourth-order valence-corrected chi connectivity index (χ4v) is 3.29. The molecule has 0 spiro atoms. The van der Waals surface area contributed by atoms with Gasteiger partial charge >= 0.3 is 0 Å². The summed E-state index contributed by atoms with van der Waals surface area (Å²) in [5, 5.41) is 3.42. The molecule has 3 rings (SSSR count). The van der Waals surface area contributed by atoms with Gasteiger partial charge in [0.1, 0.15) is 11.6 Å². The van der Waals surface area contributed by atoms with Crippen LogP contribution in [-0.2, 0) is 6.42 Å². The normalized spacial score (nSPS) is 17.7. The second kappa shape index (κ2) is 6.44. The molecule has 1 unspecified atom stereocenters. The van der Waals surface area contributed by atoms with Crippen LogP contribution in [-0.4, -0.2) is 30.2 Å². The number of hydrogen-bond donors (Lipinski definition) is 1. The minimum atomic E-state index is 0.565. The molecule has 1 saturated heterocycles. The van der Waals surface area contributed by atoms with Crippen LogP contribution < -0.4 is 10.1 Å². The maximum Gasteiger partial charge on any atom is 0.133 e. The van der Waals surface area contributed by atoms with Crippen molar-refractivity contribution in [2.24, 2.45) is 0 Å². The zero-order valence-corrected chi connectivity index (χ0v) is 13.5. The third kappa shape index (κ3) is 3.12. The maximum atomic E-state index is 5.19. The lowest BCUT2D eigenvalue weighted by atomic mass is 9.95. The average molecular weight is 297 g/mol. The molecule has 0 aliphatic carbocycles. The quantitative estimate of drug-likeness (QED) is 0.942. The van der Waals surface area contributed by atoms with Crippen LogP contribution in [0.3, 0.4) is 0 Å². The Kier molecular flexibility index (Phi) is 4.39. The molecule has 4 nitrogen and oxygen atoms in total. The molecule has 1 aromatic carbocycles. The fraction of sp³-hybridized carbons (Fsp3) is 0.444. The van der Waals surface area contributed by atoms with Gasteiger partial charge in [-0.3, -0.25) is 0 Å². The Morgan fingerprint density at radius 3 is 2.36 bits per heavy atom. The van der Waals surface area contributed by atoms with E-state index in [1.807, 2.05) is 12.1 Å². The van der Waals surface area contributed by atoms with Crippen molar-refractivity contribution in [2.75, 3.05) is 20.2 Å². The van der Waals surface area contributed by atoms with Gasteiger partial charge in [0.2, 0.25) is 0 Å². The highest BCUT2D eigenvalue weighted by Gasteiger charge is 2.22. The Labute approximate surface area is 132 Å². The van der Waals surface area contributed by atoms with Gasteiger partial charge in [-0.25, -0.2) is 9.97 Å². The minimum Gasteiger partial charge on any atom is -0.497 e. The Bertz CT molecular complexity index is 623. The van der Waals surface area contributed by atoms with Crippen molar-refractivity contribution >= 4 is 0 Å². The molecular formula is C18H23N3O. The third-order valence-electron chi connectivity index (χ3n) is 4.36. The first-order valence-corrected chi connectivity index (χ1v) is 7.85. The predicted molar refractivity (Wildman–Crippen MR) is 87.5 cm³/mol. The van der Waals surface area contributed by atoms with Gasteiger partial charge in [-0.05, 0) is 50.1 Å². The van der Waals surface area contributed by atoms with E-state index in [9.17, 15) is 0 Å². The van der Waals surface area contributed by atoms with Gasteiger partial charge < -0.3 is 10.1 Å². The van der Waals surface area contributed by atoms with Gasteiger partial charge in [-0.2, -0.15) is 0 Å². The first-order valence-electron chi connectivity index (χ1n) is 7.85. The minimum absolute atomic E-state index is 0.565. The Balaban J connectivity index is 1.82. The van der Waals surface area contributed by atoms with Crippen molar-refractivity contribution in [3.05, 3.63) is 52.6 Å². The van der Waals surface area contributed by atoms with Gasteiger partial charge in [0.15, 0.2) is 0 Å². The van der Waals surface area contributed by atoms with Crippen LogP contribution in [0.4, 0.5) is 0 Å². The van der Waals surface area contributed by atoms with E-state index in [-0.39, 0.29) is 0 Å². The second-order valence-corrected chi connectivity index (χ2v) is 5.94. The van der Waals surface area contributed by atoms with Gasteiger partial charge in [-0.1, -0.05) is 12.1 Å². The van der Waals surface area contributed by atoms with E-state index in [0.717, 1.165) is 42.5 Å². The molecule has 0 bridgehead atoms. The SMILES string of the molecule is COc1ccc(Cc2nc(C)c(C3CCNC3)c(C)n2)cc1. The summed E-state index contributed by atoms with van der Waals surface area (Å²) in [6.45, 7) is 6.36. The maximum absolute atomic E-state index is 5.19. The molecule has 22 heavy (non-hydrogen) atoms. The summed E-state index contributed by atoms with van der Waals surface area (Å²) in [4.78, 5) is 9.49. The van der Waals surface area contributed by atoms with Crippen LogP contribution in [0, 0.1) is 13.8 Å². The summed E-state index contributed by atoms with van der Waals surface area (Å²) in [7, 11) is 1.68. The van der Waals surface area contributed by atoms with E-state index in [0.29, 0.717) is 5.92 Å². The summed E-state index contributed by atoms with van der Waals surface area (Å²) in [6, 6.07) is 8.10. The van der Waals surface area contributed by atoms with E-state index in [4.69, 9.17) is 14.7 Å². The number of aromatic nitrogens is 2. The van der Waals surface area contributed by atoms with Crippen molar-refractivity contribution < 1.29 is 4.74 Å². The predicted octanol–water partition coefficient (Wildman–Crippen LogP) is 2.77. The molecule has 116 valence electrons. The van der Waals surface area contributed by atoms with Crippen LogP contribution in [0.5, 0.6) is 5.75 Å². The van der Waals surface area contributed by atoms with E-state index in [1.54, 1.807) is 7.11 Å². The highest BCUT2D eigenvalue weighted by Crippen LogP contribution is 2.27. The van der Waals surface area contributed by atoms with E-state index < -0.39 is 0 Å². The molecule has 2 aromatic rings. The Hall–Kier alpha value is -1.94. The van der Waals surface area contributed by atoms with Crippen LogP contribution in [0.15, 0.2) is 24.3 Å². The zero-order valence-electron chi connectivity index (χ0n) is 13.5. The summed E-state index contributed by atoms with van der Waals surface area (Å²) in [6.07, 6.45) is 1.94. The lowest BCUT2D eigenvalue weighted by Crippen LogP contribution is -2.13. The number of benzene rings is 1. The van der Waals surface area contributed by atoms with E-state index >= 15 is 0 Å². The van der Waals surface area contributed by atoms with Crippen molar-refractivity contribution in [3.8, 4) is 5.75 Å².